The van der Waals surface area contributed by atoms with Crippen LogP contribution >= 0.6 is 0 Å². The molecule has 148 valence electrons. The number of methoxy groups -OCH3 is 2. The highest BCUT2D eigenvalue weighted by atomic mass is 16.5. The first kappa shape index (κ1) is 19.5. The van der Waals surface area contributed by atoms with Gasteiger partial charge in [0.2, 0.25) is 0 Å². The first-order valence-electron chi connectivity index (χ1n) is 9.13. The van der Waals surface area contributed by atoms with Gasteiger partial charge in [-0.3, -0.25) is 9.59 Å². The summed E-state index contributed by atoms with van der Waals surface area (Å²) in [5.74, 6) is 0.643. The number of aromatic hydroxyl groups is 1. The number of rotatable bonds is 4. The lowest BCUT2D eigenvalue weighted by molar-refractivity contribution is 0.0714. The second-order valence-corrected chi connectivity index (χ2v) is 6.53. The molecule has 1 N–H and O–H groups in total. The number of carbonyl (C=O) groups excluding carboxylic acids is 2. The van der Waals surface area contributed by atoms with Gasteiger partial charge in [-0.1, -0.05) is 12.1 Å². The number of carbonyl (C=O) groups is 2. The van der Waals surface area contributed by atoms with Crippen molar-refractivity contribution in [2.45, 2.75) is 6.42 Å². The van der Waals surface area contributed by atoms with Crippen molar-refractivity contribution < 1.29 is 24.2 Å². The van der Waals surface area contributed by atoms with E-state index in [1.54, 1.807) is 40.1 Å². The van der Waals surface area contributed by atoms with Crippen LogP contribution in [0, 0.1) is 0 Å². The fourth-order valence-electron chi connectivity index (χ4n) is 3.37. The third-order valence-corrected chi connectivity index (χ3v) is 4.81. The number of hydrogen-bond donors (Lipinski definition) is 1. The SMILES string of the molecule is COc1cccc(OC)c1C(=O)N1CCCN(C(=O)c2cccc(O)c2)CC1. The molecule has 0 aromatic heterocycles. The van der Waals surface area contributed by atoms with Crippen LogP contribution in [0.25, 0.3) is 0 Å². The van der Waals surface area contributed by atoms with Crippen molar-refractivity contribution in [3.63, 3.8) is 0 Å². The molecule has 7 nitrogen and oxygen atoms in total. The number of benzene rings is 2. The molecule has 3 rings (SSSR count). The van der Waals surface area contributed by atoms with Crippen LogP contribution < -0.4 is 9.47 Å². The van der Waals surface area contributed by atoms with Gasteiger partial charge in [0.25, 0.3) is 11.8 Å². The van der Waals surface area contributed by atoms with Gasteiger partial charge in [0.15, 0.2) is 0 Å². The van der Waals surface area contributed by atoms with Crippen LogP contribution in [0.5, 0.6) is 17.2 Å². The minimum atomic E-state index is -0.180. The number of phenols is 1. The Morgan fingerprint density at radius 3 is 2.00 bits per heavy atom. The van der Waals surface area contributed by atoms with E-state index >= 15 is 0 Å². The van der Waals surface area contributed by atoms with Crippen LogP contribution in [0.1, 0.15) is 27.1 Å². The van der Waals surface area contributed by atoms with E-state index in [-0.39, 0.29) is 17.6 Å². The van der Waals surface area contributed by atoms with Crippen molar-refractivity contribution in [2.24, 2.45) is 0 Å². The first-order chi connectivity index (χ1) is 13.5. The van der Waals surface area contributed by atoms with Crippen molar-refractivity contribution in [3.8, 4) is 17.2 Å². The summed E-state index contributed by atoms with van der Waals surface area (Å²) in [6, 6.07) is 11.5. The van der Waals surface area contributed by atoms with E-state index in [2.05, 4.69) is 0 Å². The average molecular weight is 384 g/mol. The van der Waals surface area contributed by atoms with Gasteiger partial charge in [-0.15, -0.1) is 0 Å². The summed E-state index contributed by atoms with van der Waals surface area (Å²) in [6.45, 7) is 1.90. The van der Waals surface area contributed by atoms with Crippen LogP contribution in [0.3, 0.4) is 0 Å². The zero-order chi connectivity index (χ0) is 20.1. The molecule has 0 atom stereocenters. The van der Waals surface area contributed by atoms with Gasteiger partial charge in [0, 0.05) is 31.7 Å². The Morgan fingerprint density at radius 1 is 0.857 bits per heavy atom. The van der Waals surface area contributed by atoms with Crippen LogP contribution in [0.4, 0.5) is 0 Å². The Balaban J connectivity index is 1.75. The molecule has 0 bridgehead atoms. The van der Waals surface area contributed by atoms with Crippen LogP contribution in [0.15, 0.2) is 42.5 Å². The molecule has 2 aromatic carbocycles. The van der Waals surface area contributed by atoms with Gasteiger partial charge in [-0.05, 0) is 36.8 Å². The third-order valence-electron chi connectivity index (χ3n) is 4.81. The quantitative estimate of drug-likeness (QED) is 0.876. The molecule has 28 heavy (non-hydrogen) atoms. The highest BCUT2D eigenvalue weighted by molar-refractivity contribution is 6.00. The fourth-order valence-corrected chi connectivity index (χ4v) is 3.37. The lowest BCUT2D eigenvalue weighted by Crippen LogP contribution is -2.37. The molecule has 1 saturated heterocycles. The van der Waals surface area contributed by atoms with Gasteiger partial charge in [0.05, 0.1) is 14.2 Å². The maximum absolute atomic E-state index is 13.1. The second-order valence-electron chi connectivity index (χ2n) is 6.53. The van der Waals surface area contributed by atoms with E-state index in [1.807, 2.05) is 0 Å². The molecule has 1 heterocycles. The van der Waals surface area contributed by atoms with Gasteiger partial charge in [0.1, 0.15) is 22.8 Å². The molecule has 0 saturated carbocycles. The Labute approximate surface area is 164 Å². The van der Waals surface area contributed by atoms with E-state index in [9.17, 15) is 14.7 Å². The number of hydrogen-bond acceptors (Lipinski definition) is 5. The van der Waals surface area contributed by atoms with E-state index < -0.39 is 0 Å². The van der Waals surface area contributed by atoms with Crippen molar-refractivity contribution in [3.05, 3.63) is 53.6 Å². The van der Waals surface area contributed by atoms with Crippen molar-refractivity contribution in [2.75, 3.05) is 40.4 Å². The van der Waals surface area contributed by atoms with Crippen LogP contribution in [0.2, 0.25) is 0 Å². The summed E-state index contributed by atoms with van der Waals surface area (Å²) in [5, 5.41) is 9.61. The molecule has 7 heteroatoms. The molecule has 0 spiro atoms. The smallest absolute Gasteiger partial charge is 0.261 e. The second kappa shape index (κ2) is 8.65. The molecule has 0 unspecified atom stereocenters. The van der Waals surface area contributed by atoms with Crippen LogP contribution in [-0.2, 0) is 0 Å². The van der Waals surface area contributed by atoms with Crippen molar-refractivity contribution in [1.29, 1.82) is 0 Å². The summed E-state index contributed by atoms with van der Waals surface area (Å²) in [6.07, 6.45) is 0.660. The highest BCUT2D eigenvalue weighted by Gasteiger charge is 2.27. The van der Waals surface area contributed by atoms with Gasteiger partial charge < -0.3 is 24.4 Å². The average Bonchev–Trinajstić information content (AvgIpc) is 2.98. The number of phenolic OH excluding ortho intramolecular Hbond substituents is 1. The molecule has 2 amide bonds. The largest absolute Gasteiger partial charge is 0.508 e. The molecule has 1 aliphatic rings. The predicted molar refractivity (Wildman–Crippen MR) is 104 cm³/mol. The molecular formula is C21H24N2O5. The minimum absolute atomic E-state index is 0.0562. The Morgan fingerprint density at radius 2 is 1.43 bits per heavy atom. The van der Waals surface area contributed by atoms with E-state index in [0.29, 0.717) is 55.2 Å². The van der Waals surface area contributed by atoms with Crippen LogP contribution in [-0.4, -0.2) is 67.1 Å². The standard InChI is InChI=1S/C21H24N2O5/c1-27-17-8-4-9-18(28-2)19(17)21(26)23-11-5-10-22(12-13-23)20(25)15-6-3-7-16(24)14-15/h3-4,6-9,14,24H,5,10-13H2,1-2H3. The number of amides is 2. The van der Waals surface area contributed by atoms with E-state index in [1.165, 1.54) is 26.4 Å². The summed E-state index contributed by atoms with van der Waals surface area (Å²) >= 11 is 0. The Kier molecular flexibility index (Phi) is 6.03. The zero-order valence-electron chi connectivity index (χ0n) is 16.1. The predicted octanol–water partition coefficient (Wildman–Crippen LogP) is 2.40. The van der Waals surface area contributed by atoms with E-state index in [0.717, 1.165) is 0 Å². The maximum Gasteiger partial charge on any atom is 0.261 e. The van der Waals surface area contributed by atoms with Crippen molar-refractivity contribution >= 4 is 11.8 Å². The van der Waals surface area contributed by atoms with Crippen molar-refractivity contribution in [1.82, 2.24) is 9.80 Å². The van der Waals surface area contributed by atoms with E-state index in [4.69, 9.17) is 9.47 Å². The lowest BCUT2D eigenvalue weighted by atomic mass is 10.1. The topological polar surface area (TPSA) is 79.3 Å². The molecule has 0 radical (unpaired) electrons. The summed E-state index contributed by atoms with van der Waals surface area (Å²) in [4.78, 5) is 29.3. The Hall–Kier alpha value is -3.22. The number of nitrogens with zero attached hydrogens (tertiary/aromatic N) is 2. The van der Waals surface area contributed by atoms with Gasteiger partial charge >= 0.3 is 0 Å². The maximum atomic E-state index is 13.1. The fraction of sp³-hybridized carbons (Fsp3) is 0.333. The summed E-state index contributed by atoms with van der Waals surface area (Å²) in [7, 11) is 3.04. The summed E-state index contributed by atoms with van der Waals surface area (Å²) in [5.41, 5.74) is 0.825. The molecule has 0 aliphatic carbocycles. The summed E-state index contributed by atoms with van der Waals surface area (Å²) < 4.78 is 10.7. The number of ether oxygens (including phenoxy) is 2. The normalized spacial score (nSPS) is 14.4. The van der Waals surface area contributed by atoms with Gasteiger partial charge in [-0.25, -0.2) is 0 Å². The lowest BCUT2D eigenvalue weighted by Gasteiger charge is -2.23. The Bertz CT molecular complexity index is 845. The third kappa shape index (κ3) is 4.03. The molecule has 1 aliphatic heterocycles. The molecular weight excluding hydrogens is 360 g/mol. The first-order valence-corrected chi connectivity index (χ1v) is 9.13. The highest BCUT2D eigenvalue weighted by Crippen LogP contribution is 2.30. The molecule has 2 aromatic rings. The molecule has 1 fully saturated rings. The minimum Gasteiger partial charge on any atom is -0.508 e. The zero-order valence-corrected chi connectivity index (χ0v) is 16.1. The monoisotopic (exact) mass is 384 g/mol. The van der Waals surface area contributed by atoms with Gasteiger partial charge in [-0.2, -0.15) is 0 Å².